The van der Waals surface area contributed by atoms with E-state index in [4.69, 9.17) is 34.4 Å². The summed E-state index contributed by atoms with van der Waals surface area (Å²) in [5, 5.41) is 12.3. The van der Waals surface area contributed by atoms with Gasteiger partial charge < -0.3 is 40.7 Å². The maximum Gasteiger partial charge on any atom is 0.245 e. The molecule has 7 amide bonds. The van der Waals surface area contributed by atoms with Crippen molar-refractivity contribution in [3.05, 3.63) is 33.8 Å². The fourth-order valence-corrected chi connectivity index (χ4v) is 8.92. The second-order valence-corrected chi connectivity index (χ2v) is 19.3. The van der Waals surface area contributed by atoms with E-state index in [-0.39, 0.29) is 43.9 Å². The fraction of sp³-hybridized carbons (Fsp3) is 0.688. The van der Waals surface area contributed by atoms with Crippen LogP contribution in [0.4, 0.5) is 0 Å². The Balaban J connectivity index is 1.69. The molecule has 1 aliphatic carbocycles. The minimum absolute atomic E-state index is 0.0372. The number of carbonyl (C=O) groups is 7. The summed E-state index contributed by atoms with van der Waals surface area (Å²) < 4.78 is 5.50. The van der Waals surface area contributed by atoms with E-state index < -0.39 is 77.1 Å². The zero-order valence-electron chi connectivity index (χ0n) is 39.9. The number of ether oxygens (including phenoxy) is 1. The molecule has 3 aliphatic rings. The van der Waals surface area contributed by atoms with Crippen molar-refractivity contribution in [1.82, 2.24) is 40.9 Å². The molecule has 0 aromatic heterocycles. The predicted molar refractivity (Wildman–Crippen MR) is 254 cm³/mol. The molecule has 0 spiro atoms. The van der Waals surface area contributed by atoms with E-state index in [9.17, 15) is 33.6 Å². The number of nitrogens with one attached hydrogen (secondary N) is 4. The Kier molecular flexibility index (Phi) is 21.0. The Bertz CT molecular complexity index is 1920. The molecule has 2 saturated heterocycles. The van der Waals surface area contributed by atoms with Gasteiger partial charge in [-0.25, -0.2) is 0 Å². The van der Waals surface area contributed by atoms with Crippen molar-refractivity contribution in [2.45, 2.75) is 141 Å². The van der Waals surface area contributed by atoms with Crippen LogP contribution in [0, 0.1) is 23.7 Å². The van der Waals surface area contributed by atoms with Gasteiger partial charge in [0, 0.05) is 57.2 Å². The topological polar surface area (TPSA) is 190 Å². The first-order valence-corrected chi connectivity index (χ1v) is 24.3. The standard InChI is InChI=1S/C48H72Cl2N8O8/c1-9-15-36-44(62)55(6)22-13-12-17-39(42(60)53-38(28-31(4)5)46(64)57(8)40(43(61)52-36)30-32-29-33(49)18-19-34(32)50)56(7)45(63)37(16-14-23-58-24-26-66-27-25-58)51-41(59)35(10-2)54-47(65)48(11-3)20-21-48/h3,18-19,29,31,35-40H,9-10,12-17,20-28,30H2,1-2,4-8H3,(H,51,59)(H,52,61)(H,53,60)(H,54,65)/t35-,36+,37-,38-,39-,40-/m0/s1. The second-order valence-electron chi connectivity index (χ2n) is 18.5. The lowest BCUT2D eigenvalue weighted by Crippen LogP contribution is -2.60. The van der Waals surface area contributed by atoms with E-state index in [1.54, 1.807) is 37.1 Å². The molecule has 1 saturated carbocycles. The van der Waals surface area contributed by atoms with Crippen LogP contribution in [0.25, 0.3) is 0 Å². The van der Waals surface area contributed by atoms with Gasteiger partial charge >= 0.3 is 0 Å². The molecule has 0 radical (unpaired) electrons. The average Bonchev–Trinajstić information content (AvgIpc) is 4.10. The molecular formula is C48H72Cl2N8O8. The molecule has 1 aromatic carbocycles. The highest BCUT2D eigenvalue weighted by atomic mass is 35.5. The summed E-state index contributed by atoms with van der Waals surface area (Å²) in [4.78, 5) is 106. The van der Waals surface area contributed by atoms with Crippen LogP contribution in [0.3, 0.4) is 0 Å². The summed E-state index contributed by atoms with van der Waals surface area (Å²) in [5.41, 5.74) is -0.420. The van der Waals surface area contributed by atoms with Crippen LogP contribution in [0.1, 0.15) is 104 Å². The van der Waals surface area contributed by atoms with Crippen molar-refractivity contribution in [1.29, 1.82) is 0 Å². The van der Waals surface area contributed by atoms with Gasteiger partial charge in [0.1, 0.15) is 41.7 Å². The number of hydrogen-bond acceptors (Lipinski definition) is 9. The number of terminal acetylenes is 1. The van der Waals surface area contributed by atoms with E-state index in [0.717, 1.165) is 13.1 Å². The third-order valence-electron chi connectivity index (χ3n) is 12.9. The van der Waals surface area contributed by atoms with E-state index >= 15 is 0 Å². The maximum atomic E-state index is 14.8. The summed E-state index contributed by atoms with van der Waals surface area (Å²) >= 11 is 12.9. The Hall–Kier alpha value is -4.43. The normalized spacial score (nSPS) is 23.3. The Morgan fingerprint density at radius 2 is 1.64 bits per heavy atom. The Labute approximate surface area is 401 Å². The lowest BCUT2D eigenvalue weighted by molar-refractivity contribution is -0.146. The van der Waals surface area contributed by atoms with Gasteiger partial charge in [-0.1, -0.05) is 63.2 Å². The van der Waals surface area contributed by atoms with E-state index in [1.165, 1.54) is 23.9 Å². The molecule has 0 unspecified atom stereocenters. The second kappa shape index (κ2) is 25.6. The maximum absolute atomic E-state index is 14.8. The summed E-state index contributed by atoms with van der Waals surface area (Å²) in [5.74, 6) is -0.989. The Morgan fingerprint density at radius 3 is 2.26 bits per heavy atom. The molecule has 0 bridgehead atoms. The highest BCUT2D eigenvalue weighted by Crippen LogP contribution is 2.45. The molecule has 4 rings (SSSR count). The van der Waals surface area contributed by atoms with Crippen molar-refractivity contribution >= 4 is 64.6 Å². The molecule has 4 N–H and O–H groups in total. The lowest BCUT2D eigenvalue weighted by Gasteiger charge is -2.36. The van der Waals surface area contributed by atoms with E-state index in [2.05, 4.69) is 32.1 Å². The number of halogens is 2. The van der Waals surface area contributed by atoms with Crippen LogP contribution in [0.15, 0.2) is 18.2 Å². The highest BCUT2D eigenvalue weighted by Gasteiger charge is 2.49. The predicted octanol–water partition coefficient (Wildman–Crippen LogP) is 3.55. The van der Waals surface area contributed by atoms with E-state index in [0.29, 0.717) is 86.9 Å². The van der Waals surface area contributed by atoms with Gasteiger partial charge in [-0.15, -0.1) is 6.42 Å². The zero-order chi connectivity index (χ0) is 48.7. The summed E-state index contributed by atoms with van der Waals surface area (Å²) in [7, 11) is 4.65. The van der Waals surface area contributed by atoms with Gasteiger partial charge in [-0.05, 0) is 100 Å². The number of benzene rings is 1. The van der Waals surface area contributed by atoms with Crippen LogP contribution in [0.2, 0.25) is 10.0 Å². The third-order valence-corrected chi connectivity index (χ3v) is 13.5. The van der Waals surface area contributed by atoms with Crippen molar-refractivity contribution in [2.75, 3.05) is 60.5 Å². The van der Waals surface area contributed by atoms with Crippen LogP contribution in [-0.2, 0) is 44.7 Å². The molecule has 3 fully saturated rings. The smallest absolute Gasteiger partial charge is 0.245 e. The molecule has 2 heterocycles. The number of rotatable bonds is 17. The lowest BCUT2D eigenvalue weighted by atomic mass is 9.98. The molecule has 6 atom stereocenters. The number of nitrogens with zero attached hydrogens (tertiary/aromatic N) is 4. The molecule has 2 aliphatic heterocycles. The summed E-state index contributed by atoms with van der Waals surface area (Å²) in [6.07, 6.45) is 9.93. The first kappa shape index (κ1) is 54.2. The highest BCUT2D eigenvalue weighted by molar-refractivity contribution is 6.33. The van der Waals surface area contributed by atoms with Crippen LogP contribution >= 0.6 is 23.2 Å². The van der Waals surface area contributed by atoms with Crippen molar-refractivity contribution < 1.29 is 38.3 Å². The van der Waals surface area contributed by atoms with Gasteiger partial charge in [-0.3, -0.25) is 38.5 Å². The van der Waals surface area contributed by atoms with Gasteiger partial charge in [-0.2, -0.15) is 0 Å². The Morgan fingerprint density at radius 1 is 0.955 bits per heavy atom. The zero-order valence-corrected chi connectivity index (χ0v) is 41.4. The molecule has 18 heteroatoms. The summed E-state index contributed by atoms with van der Waals surface area (Å²) in [6, 6.07) is -1.40. The number of carbonyl (C=O) groups excluding carboxylic acids is 7. The first-order valence-electron chi connectivity index (χ1n) is 23.6. The molecule has 16 nitrogen and oxygen atoms in total. The van der Waals surface area contributed by atoms with Gasteiger partial charge in [0.15, 0.2) is 0 Å². The molecule has 366 valence electrons. The van der Waals surface area contributed by atoms with Gasteiger partial charge in [0.25, 0.3) is 0 Å². The SMILES string of the molecule is C#CC1(C(=O)N[C@@H](CC)C(=O)N[C@@H](CCCN2CCOCC2)C(=O)N(C)[C@H]2CCCCN(C)C(=O)[C@@H](CCC)NC(=O)[C@H](Cc3cc(Cl)ccc3Cl)N(C)C(=O)[C@H](CC(C)C)NC2=O)CC1. The molecule has 66 heavy (non-hydrogen) atoms. The quantitative estimate of drug-likeness (QED) is 0.169. The molecular weight excluding hydrogens is 887 g/mol. The van der Waals surface area contributed by atoms with Crippen molar-refractivity contribution in [2.24, 2.45) is 11.3 Å². The van der Waals surface area contributed by atoms with Gasteiger partial charge in [0.05, 0.1) is 13.2 Å². The fourth-order valence-electron chi connectivity index (χ4n) is 8.54. The van der Waals surface area contributed by atoms with E-state index in [1.807, 2.05) is 20.8 Å². The van der Waals surface area contributed by atoms with Crippen molar-refractivity contribution in [3.63, 3.8) is 0 Å². The summed E-state index contributed by atoms with van der Waals surface area (Å²) in [6.45, 7) is 11.1. The third kappa shape index (κ3) is 15.0. The number of hydrogen-bond donors (Lipinski definition) is 4. The average molecular weight is 960 g/mol. The monoisotopic (exact) mass is 958 g/mol. The first-order chi connectivity index (χ1) is 31.4. The minimum atomic E-state index is -1.16. The minimum Gasteiger partial charge on any atom is -0.379 e. The van der Waals surface area contributed by atoms with Crippen LogP contribution in [0.5, 0.6) is 0 Å². The number of likely N-dealkylation sites (N-methyl/N-ethyl adjacent to an activating group) is 3. The number of amides is 7. The van der Waals surface area contributed by atoms with Gasteiger partial charge in [0.2, 0.25) is 41.4 Å². The number of morpholine rings is 1. The van der Waals surface area contributed by atoms with Crippen LogP contribution in [-0.4, -0.2) is 158 Å². The largest absolute Gasteiger partial charge is 0.379 e. The van der Waals surface area contributed by atoms with Crippen molar-refractivity contribution in [3.8, 4) is 12.3 Å². The van der Waals surface area contributed by atoms with Crippen LogP contribution < -0.4 is 21.3 Å². The molecule has 1 aromatic rings.